The number of hydrogen-bond acceptors (Lipinski definition) is 3. The van der Waals surface area contributed by atoms with Crippen molar-refractivity contribution >= 4 is 0 Å². The Bertz CT molecular complexity index is 651. The molecule has 2 aromatic carbocycles. The predicted molar refractivity (Wildman–Crippen MR) is 69.9 cm³/mol. The highest BCUT2D eigenvalue weighted by Crippen LogP contribution is 2.36. The zero-order chi connectivity index (χ0) is 15.6. The number of aliphatic hydroxyl groups is 1. The summed E-state index contributed by atoms with van der Waals surface area (Å²) >= 11 is 0. The zero-order valence-corrected chi connectivity index (χ0v) is 10.9. The van der Waals surface area contributed by atoms with Crippen LogP contribution >= 0.6 is 0 Å². The third-order valence-corrected chi connectivity index (χ3v) is 3.09. The van der Waals surface area contributed by atoms with Crippen LogP contribution in [0, 0.1) is 0 Å². The molecule has 0 aliphatic carbocycles. The molecule has 0 aromatic heterocycles. The number of hydrogen-bond donors (Lipinski definition) is 3. The molecule has 2 aromatic rings. The maximum Gasteiger partial charge on any atom is 0.419 e. The molecule has 0 atom stereocenters. The van der Waals surface area contributed by atoms with Crippen molar-refractivity contribution in [2.45, 2.75) is 19.2 Å². The minimum Gasteiger partial charge on any atom is -0.508 e. The van der Waals surface area contributed by atoms with Crippen LogP contribution in [0.15, 0.2) is 36.4 Å². The van der Waals surface area contributed by atoms with Gasteiger partial charge in [0.2, 0.25) is 0 Å². The van der Waals surface area contributed by atoms with Gasteiger partial charge in [-0.05, 0) is 41.8 Å². The van der Waals surface area contributed by atoms with Gasteiger partial charge in [-0.25, -0.2) is 0 Å². The maximum atomic E-state index is 12.7. The Morgan fingerprint density at radius 1 is 0.857 bits per heavy atom. The van der Waals surface area contributed by atoms with E-state index in [1.807, 2.05) is 0 Å². The predicted octanol–water partition coefficient (Wildman–Crippen LogP) is 3.20. The number of aromatic hydroxyl groups is 2. The number of aliphatic hydroxyl groups excluding tert-OH is 1. The van der Waals surface area contributed by atoms with E-state index in [9.17, 15) is 23.4 Å². The molecular formula is C15H13F3O3. The molecule has 3 nitrogen and oxygen atoms in total. The van der Waals surface area contributed by atoms with Crippen molar-refractivity contribution in [2.24, 2.45) is 0 Å². The lowest BCUT2D eigenvalue weighted by molar-refractivity contribution is -0.138. The van der Waals surface area contributed by atoms with Crippen LogP contribution in [0.5, 0.6) is 11.5 Å². The third kappa shape index (κ3) is 3.46. The average Bonchev–Trinajstić information content (AvgIpc) is 2.42. The first-order chi connectivity index (χ1) is 9.81. The molecular weight excluding hydrogens is 285 g/mol. The summed E-state index contributed by atoms with van der Waals surface area (Å²) < 4.78 is 38.1. The molecule has 0 fully saturated rings. The lowest BCUT2D eigenvalue weighted by Crippen LogP contribution is -2.06. The van der Waals surface area contributed by atoms with Gasteiger partial charge in [-0.2, -0.15) is 13.2 Å². The molecule has 112 valence electrons. The van der Waals surface area contributed by atoms with Gasteiger partial charge in [0.1, 0.15) is 11.5 Å². The lowest BCUT2D eigenvalue weighted by atomic mass is 10.00. The first-order valence-corrected chi connectivity index (χ1v) is 6.12. The topological polar surface area (TPSA) is 60.7 Å². The maximum absolute atomic E-state index is 12.7. The van der Waals surface area contributed by atoms with E-state index < -0.39 is 17.5 Å². The first-order valence-electron chi connectivity index (χ1n) is 6.12. The van der Waals surface area contributed by atoms with E-state index in [-0.39, 0.29) is 18.8 Å². The van der Waals surface area contributed by atoms with Crippen LogP contribution in [0.4, 0.5) is 13.2 Å². The van der Waals surface area contributed by atoms with Crippen molar-refractivity contribution in [3.05, 3.63) is 58.7 Å². The summed E-state index contributed by atoms with van der Waals surface area (Å²) in [6.45, 7) is -0.358. The smallest absolute Gasteiger partial charge is 0.419 e. The van der Waals surface area contributed by atoms with Crippen molar-refractivity contribution < 1.29 is 28.5 Å². The second-order valence-electron chi connectivity index (χ2n) is 4.65. The Kier molecular flexibility index (Phi) is 4.09. The Morgan fingerprint density at radius 2 is 1.43 bits per heavy atom. The fraction of sp³-hybridized carbons (Fsp3) is 0.200. The molecule has 21 heavy (non-hydrogen) atoms. The summed E-state index contributed by atoms with van der Waals surface area (Å²) in [7, 11) is 0. The first kappa shape index (κ1) is 15.2. The van der Waals surface area contributed by atoms with Gasteiger partial charge >= 0.3 is 6.18 Å². The summed E-state index contributed by atoms with van der Waals surface area (Å²) in [5.74, 6) is -0.879. The van der Waals surface area contributed by atoms with E-state index in [4.69, 9.17) is 5.11 Å². The summed E-state index contributed by atoms with van der Waals surface area (Å²) in [6.07, 6.45) is -4.43. The molecule has 0 heterocycles. The summed E-state index contributed by atoms with van der Waals surface area (Å²) in [5, 5.41) is 27.8. The summed E-state index contributed by atoms with van der Waals surface area (Å²) in [5.41, 5.74) is 0.244. The average molecular weight is 298 g/mol. The normalized spacial score (nSPS) is 11.6. The summed E-state index contributed by atoms with van der Waals surface area (Å²) in [4.78, 5) is 0. The highest BCUT2D eigenvalue weighted by atomic mass is 19.4. The number of phenolic OH excluding ortho intramolecular Hbond substituents is 1. The minimum atomic E-state index is -4.62. The van der Waals surface area contributed by atoms with Gasteiger partial charge in [-0.3, -0.25) is 0 Å². The molecule has 0 bridgehead atoms. The zero-order valence-electron chi connectivity index (χ0n) is 10.9. The molecule has 0 radical (unpaired) electrons. The molecule has 2 rings (SSSR count). The molecule has 0 unspecified atom stereocenters. The van der Waals surface area contributed by atoms with Crippen molar-refractivity contribution in [3.63, 3.8) is 0 Å². The van der Waals surface area contributed by atoms with E-state index >= 15 is 0 Å². The molecule has 0 spiro atoms. The van der Waals surface area contributed by atoms with E-state index in [1.165, 1.54) is 18.2 Å². The van der Waals surface area contributed by atoms with Crippen molar-refractivity contribution in [2.75, 3.05) is 0 Å². The van der Waals surface area contributed by atoms with E-state index in [0.717, 1.165) is 12.1 Å². The molecule has 0 aliphatic rings. The monoisotopic (exact) mass is 298 g/mol. The Balaban J connectivity index is 2.32. The molecule has 0 aliphatic heterocycles. The van der Waals surface area contributed by atoms with Crippen LogP contribution in [-0.2, 0) is 19.2 Å². The highest BCUT2D eigenvalue weighted by molar-refractivity contribution is 5.42. The quantitative estimate of drug-likeness (QED) is 0.815. The SMILES string of the molecule is OCc1cc(Cc2ccc(O)c(C(F)(F)F)c2)ccc1O. The van der Waals surface area contributed by atoms with Gasteiger partial charge < -0.3 is 15.3 Å². The van der Waals surface area contributed by atoms with E-state index in [1.54, 1.807) is 6.07 Å². The van der Waals surface area contributed by atoms with E-state index in [2.05, 4.69) is 0 Å². The number of rotatable bonds is 3. The largest absolute Gasteiger partial charge is 0.508 e. The number of benzene rings is 2. The lowest BCUT2D eigenvalue weighted by Gasteiger charge is -2.11. The van der Waals surface area contributed by atoms with Gasteiger partial charge in [-0.1, -0.05) is 12.1 Å². The van der Waals surface area contributed by atoms with Gasteiger partial charge in [0.15, 0.2) is 0 Å². The third-order valence-electron chi connectivity index (χ3n) is 3.09. The Labute approximate surface area is 118 Å². The Hall–Kier alpha value is -2.21. The molecule has 0 amide bonds. The van der Waals surface area contributed by atoms with Crippen LogP contribution in [0.25, 0.3) is 0 Å². The van der Waals surface area contributed by atoms with Crippen LogP contribution < -0.4 is 0 Å². The number of phenols is 2. The van der Waals surface area contributed by atoms with Gasteiger partial charge in [0.25, 0.3) is 0 Å². The molecule has 0 saturated heterocycles. The number of alkyl halides is 3. The molecule has 6 heteroatoms. The van der Waals surface area contributed by atoms with Crippen LogP contribution in [0.3, 0.4) is 0 Å². The van der Waals surface area contributed by atoms with Gasteiger partial charge in [0.05, 0.1) is 12.2 Å². The number of halogens is 3. The van der Waals surface area contributed by atoms with Crippen molar-refractivity contribution in [3.8, 4) is 11.5 Å². The highest BCUT2D eigenvalue weighted by Gasteiger charge is 2.33. The standard InChI is InChI=1S/C15H13F3O3/c16-15(17,18)12-7-10(2-4-14(12)21)5-9-1-3-13(20)11(6-9)8-19/h1-4,6-7,19-21H,5,8H2. The second kappa shape index (κ2) is 5.65. The van der Waals surface area contributed by atoms with Crippen molar-refractivity contribution in [1.29, 1.82) is 0 Å². The summed E-state index contributed by atoms with van der Waals surface area (Å²) in [6, 6.07) is 7.76. The van der Waals surface area contributed by atoms with Gasteiger partial charge in [-0.15, -0.1) is 0 Å². The Morgan fingerprint density at radius 3 is 2.00 bits per heavy atom. The van der Waals surface area contributed by atoms with Crippen molar-refractivity contribution in [1.82, 2.24) is 0 Å². The minimum absolute atomic E-state index is 0.0667. The van der Waals surface area contributed by atoms with Crippen LogP contribution in [0.1, 0.15) is 22.3 Å². The second-order valence-corrected chi connectivity index (χ2v) is 4.65. The van der Waals surface area contributed by atoms with Crippen LogP contribution in [0.2, 0.25) is 0 Å². The molecule has 0 saturated carbocycles. The molecule has 3 N–H and O–H groups in total. The van der Waals surface area contributed by atoms with Crippen LogP contribution in [-0.4, -0.2) is 15.3 Å². The fourth-order valence-corrected chi connectivity index (χ4v) is 2.03. The van der Waals surface area contributed by atoms with E-state index in [0.29, 0.717) is 16.7 Å². The van der Waals surface area contributed by atoms with Gasteiger partial charge in [0, 0.05) is 5.56 Å². The fourth-order valence-electron chi connectivity index (χ4n) is 2.03.